The van der Waals surface area contributed by atoms with Gasteiger partial charge < -0.3 is 9.88 Å². The number of fused-ring (bicyclic) bond motifs is 1. The lowest BCUT2D eigenvalue weighted by Crippen LogP contribution is -2.56. The minimum atomic E-state index is 0.00189. The number of H-pyrrole nitrogens is 1. The zero-order valence-electron chi connectivity index (χ0n) is 17.4. The number of nitrogens with zero attached hydrogens (tertiary/aromatic N) is 5. The molecule has 6 rings (SSSR count). The molecule has 7 nitrogen and oxygen atoms in total. The molecule has 4 aromatic rings. The van der Waals surface area contributed by atoms with E-state index in [1.165, 1.54) is 0 Å². The van der Waals surface area contributed by atoms with Crippen molar-refractivity contribution in [2.75, 3.05) is 4.90 Å². The number of aromatic nitrogens is 5. The van der Waals surface area contributed by atoms with Gasteiger partial charge in [-0.2, -0.15) is 5.10 Å². The van der Waals surface area contributed by atoms with Crippen LogP contribution in [0.5, 0.6) is 0 Å². The number of carbonyl (C=O) groups excluding carboxylic acids is 1. The van der Waals surface area contributed by atoms with Gasteiger partial charge in [-0.25, -0.2) is 4.98 Å². The number of hydrogen-bond donors (Lipinski definition) is 1. The van der Waals surface area contributed by atoms with E-state index in [1.807, 2.05) is 55.1 Å². The summed E-state index contributed by atoms with van der Waals surface area (Å²) in [5.74, 6) is 0.709. The van der Waals surface area contributed by atoms with Crippen LogP contribution in [-0.4, -0.2) is 31.1 Å². The smallest absolute Gasteiger partial charge is 0.233 e. The van der Waals surface area contributed by atoms with Crippen LogP contribution in [-0.2, 0) is 4.79 Å². The first-order chi connectivity index (χ1) is 15.1. The van der Waals surface area contributed by atoms with Crippen molar-refractivity contribution >= 4 is 22.6 Å². The van der Waals surface area contributed by atoms with E-state index in [4.69, 9.17) is 4.98 Å². The molecule has 1 saturated carbocycles. The summed E-state index contributed by atoms with van der Waals surface area (Å²) in [5, 5.41) is 8.41. The standard InChI is InChI=1S/C24H22N6O/c1-13-3-8-20(29-28-13)19-10-7-17(14(2)27-19)23-22(15-4-5-15)24(31)30(23)16-6-9-18-21(11-16)26-12-25-18/h3,6-12,15,22-23H,4-5H2,1-2H3,(H,25,26)/t22?,23-/m0/s1. The highest BCUT2D eigenvalue weighted by atomic mass is 16.2. The molecule has 7 heteroatoms. The monoisotopic (exact) mass is 410 g/mol. The Morgan fingerprint density at radius 2 is 1.84 bits per heavy atom. The average molecular weight is 410 g/mol. The molecule has 0 spiro atoms. The molecule has 1 unspecified atom stereocenters. The summed E-state index contributed by atoms with van der Waals surface area (Å²) in [6, 6.07) is 13.9. The van der Waals surface area contributed by atoms with Gasteiger partial charge in [0.15, 0.2) is 0 Å². The molecular formula is C24H22N6O. The Bertz CT molecular complexity index is 1310. The van der Waals surface area contributed by atoms with Gasteiger partial charge in [-0.05, 0) is 74.6 Å². The summed E-state index contributed by atoms with van der Waals surface area (Å²) in [5.41, 5.74) is 7.17. The molecule has 1 aliphatic carbocycles. The van der Waals surface area contributed by atoms with Crippen LogP contribution < -0.4 is 4.90 Å². The van der Waals surface area contributed by atoms with Gasteiger partial charge in [0.25, 0.3) is 0 Å². The summed E-state index contributed by atoms with van der Waals surface area (Å²) in [7, 11) is 0. The number of aryl methyl sites for hydroxylation is 2. The second-order valence-corrected chi connectivity index (χ2v) is 8.55. The van der Waals surface area contributed by atoms with Crippen molar-refractivity contribution in [1.82, 2.24) is 25.1 Å². The van der Waals surface area contributed by atoms with E-state index in [1.54, 1.807) is 6.33 Å². The number of nitrogens with one attached hydrogen (secondary N) is 1. The first-order valence-electron chi connectivity index (χ1n) is 10.6. The number of rotatable bonds is 4. The SMILES string of the molecule is Cc1ccc(-c2ccc([C@H]3C(C4CC4)C(=O)N3c3ccc4[nH]cnc4c3)c(C)n2)nn1. The molecule has 1 N–H and O–H groups in total. The number of imidazole rings is 1. The van der Waals surface area contributed by atoms with Crippen molar-refractivity contribution in [2.45, 2.75) is 32.7 Å². The fourth-order valence-corrected chi connectivity index (χ4v) is 4.68. The minimum Gasteiger partial charge on any atom is -0.345 e. The van der Waals surface area contributed by atoms with E-state index in [0.29, 0.717) is 5.92 Å². The zero-order valence-corrected chi connectivity index (χ0v) is 17.4. The van der Waals surface area contributed by atoms with Crippen LogP contribution in [0.15, 0.2) is 48.8 Å². The van der Waals surface area contributed by atoms with Crippen LogP contribution in [0.3, 0.4) is 0 Å². The molecule has 1 saturated heterocycles. The third-order valence-corrected chi connectivity index (χ3v) is 6.46. The fourth-order valence-electron chi connectivity index (χ4n) is 4.68. The normalized spacial score (nSPS) is 20.8. The topological polar surface area (TPSA) is 87.7 Å². The van der Waals surface area contributed by atoms with E-state index in [2.05, 4.69) is 26.2 Å². The van der Waals surface area contributed by atoms with Gasteiger partial charge in [-0.1, -0.05) is 6.07 Å². The predicted octanol–water partition coefficient (Wildman–Crippen LogP) is 4.15. The van der Waals surface area contributed by atoms with Crippen molar-refractivity contribution < 1.29 is 4.79 Å². The fraction of sp³-hybridized carbons (Fsp3) is 0.292. The summed E-state index contributed by atoms with van der Waals surface area (Å²) < 4.78 is 0. The molecule has 2 aliphatic rings. The maximum atomic E-state index is 13.2. The molecule has 1 aliphatic heterocycles. The van der Waals surface area contributed by atoms with Crippen LogP contribution in [0.1, 0.15) is 35.8 Å². The van der Waals surface area contributed by atoms with Gasteiger partial charge in [-0.15, -0.1) is 5.10 Å². The first-order valence-corrected chi connectivity index (χ1v) is 10.6. The number of carbonyl (C=O) groups is 1. The van der Waals surface area contributed by atoms with Gasteiger partial charge in [-0.3, -0.25) is 9.78 Å². The molecule has 0 radical (unpaired) electrons. The highest BCUT2D eigenvalue weighted by Gasteiger charge is 2.55. The van der Waals surface area contributed by atoms with Gasteiger partial charge >= 0.3 is 0 Å². The summed E-state index contributed by atoms with van der Waals surface area (Å²) >= 11 is 0. The lowest BCUT2D eigenvalue weighted by molar-refractivity contribution is -0.131. The lowest BCUT2D eigenvalue weighted by Gasteiger charge is -2.48. The second kappa shape index (κ2) is 6.70. The number of β-lactam (4-membered cyclic amide) rings is 1. The molecule has 0 bridgehead atoms. The van der Waals surface area contributed by atoms with Gasteiger partial charge in [0.1, 0.15) is 5.69 Å². The average Bonchev–Trinajstić information content (AvgIpc) is 3.47. The van der Waals surface area contributed by atoms with Crippen LogP contribution in [0.25, 0.3) is 22.4 Å². The number of anilines is 1. The van der Waals surface area contributed by atoms with Crippen molar-refractivity contribution in [1.29, 1.82) is 0 Å². The molecule has 1 aromatic carbocycles. The molecule has 2 fully saturated rings. The van der Waals surface area contributed by atoms with Crippen LogP contribution >= 0.6 is 0 Å². The van der Waals surface area contributed by atoms with Crippen LogP contribution in [0, 0.1) is 25.7 Å². The number of hydrogen-bond acceptors (Lipinski definition) is 5. The molecular weight excluding hydrogens is 388 g/mol. The summed E-state index contributed by atoms with van der Waals surface area (Å²) in [6.07, 6.45) is 3.93. The van der Waals surface area contributed by atoms with Crippen LogP contribution in [0.4, 0.5) is 5.69 Å². The van der Waals surface area contributed by atoms with E-state index < -0.39 is 0 Å². The van der Waals surface area contributed by atoms with Crippen LogP contribution in [0.2, 0.25) is 0 Å². The molecule has 3 aromatic heterocycles. The quantitative estimate of drug-likeness (QED) is 0.511. The van der Waals surface area contributed by atoms with Gasteiger partial charge in [0.2, 0.25) is 5.91 Å². The molecule has 154 valence electrons. The Kier molecular flexibility index (Phi) is 3.93. The summed E-state index contributed by atoms with van der Waals surface area (Å²) in [4.78, 5) is 27.4. The van der Waals surface area contributed by atoms with Crippen molar-refractivity contribution in [2.24, 2.45) is 11.8 Å². The van der Waals surface area contributed by atoms with Crippen molar-refractivity contribution in [3.8, 4) is 11.4 Å². The highest BCUT2D eigenvalue weighted by molar-refractivity contribution is 6.04. The molecule has 31 heavy (non-hydrogen) atoms. The van der Waals surface area contributed by atoms with Crippen molar-refractivity contribution in [3.05, 3.63) is 65.7 Å². The molecule has 2 atom stereocenters. The van der Waals surface area contributed by atoms with E-state index in [0.717, 1.165) is 57.9 Å². The zero-order chi connectivity index (χ0) is 21.1. The Balaban J connectivity index is 1.39. The first kappa shape index (κ1) is 18.2. The maximum Gasteiger partial charge on any atom is 0.233 e. The number of pyridine rings is 1. The lowest BCUT2D eigenvalue weighted by atomic mass is 9.78. The van der Waals surface area contributed by atoms with E-state index in [9.17, 15) is 4.79 Å². The molecule has 1 amide bonds. The van der Waals surface area contributed by atoms with E-state index >= 15 is 0 Å². The predicted molar refractivity (Wildman–Crippen MR) is 117 cm³/mol. The van der Waals surface area contributed by atoms with Crippen molar-refractivity contribution in [3.63, 3.8) is 0 Å². The highest BCUT2D eigenvalue weighted by Crippen LogP contribution is 2.54. The Labute approximate surface area is 179 Å². The third kappa shape index (κ3) is 2.91. The van der Waals surface area contributed by atoms with Gasteiger partial charge in [0, 0.05) is 11.4 Å². The van der Waals surface area contributed by atoms with Gasteiger partial charge in [0.05, 0.1) is 40.7 Å². The number of benzene rings is 1. The Hall–Kier alpha value is -3.61. The Morgan fingerprint density at radius 3 is 2.58 bits per heavy atom. The Morgan fingerprint density at radius 1 is 1.00 bits per heavy atom. The minimum absolute atomic E-state index is 0.00189. The van der Waals surface area contributed by atoms with E-state index in [-0.39, 0.29) is 17.9 Å². The summed E-state index contributed by atoms with van der Waals surface area (Å²) in [6.45, 7) is 3.93. The third-order valence-electron chi connectivity index (χ3n) is 6.46. The maximum absolute atomic E-state index is 13.2. The number of aromatic amines is 1. The largest absolute Gasteiger partial charge is 0.345 e. The second-order valence-electron chi connectivity index (χ2n) is 8.55. The number of amides is 1. The molecule has 4 heterocycles.